The molecule has 4 heteroatoms. The molecule has 1 aromatic rings. The molecule has 0 fully saturated rings. The van der Waals surface area contributed by atoms with Crippen LogP contribution in [0, 0.1) is 0 Å². The van der Waals surface area contributed by atoms with Gasteiger partial charge in [-0.25, -0.2) is 0 Å². The number of hydrogen-bond acceptors (Lipinski definition) is 1. The van der Waals surface area contributed by atoms with Crippen molar-refractivity contribution in [2.45, 2.75) is 46.1 Å². The highest BCUT2D eigenvalue weighted by molar-refractivity contribution is 5.79. The van der Waals surface area contributed by atoms with Crippen LogP contribution in [-0.2, 0) is 13.6 Å². The number of aliphatic imine (C=N–C) groups is 1. The summed E-state index contributed by atoms with van der Waals surface area (Å²) in [5, 5.41) is 3.37. The Morgan fingerprint density at radius 1 is 1.30 bits per heavy atom. The number of nitrogens with one attached hydrogen (secondary N) is 1. The highest BCUT2D eigenvalue weighted by Gasteiger charge is 2.07. The molecular weight excluding hydrogens is 248 g/mol. The van der Waals surface area contributed by atoms with E-state index >= 15 is 0 Å². The lowest BCUT2D eigenvalue weighted by molar-refractivity contribution is 0.461. The normalized spacial score (nSPS) is 11.7. The van der Waals surface area contributed by atoms with Crippen LogP contribution in [0.2, 0.25) is 0 Å². The summed E-state index contributed by atoms with van der Waals surface area (Å²) in [6, 6.07) is 4.24. The van der Waals surface area contributed by atoms with Gasteiger partial charge in [-0.15, -0.1) is 0 Å². The quantitative estimate of drug-likeness (QED) is 0.450. The van der Waals surface area contributed by atoms with Crippen LogP contribution >= 0.6 is 0 Å². The fourth-order valence-electron chi connectivity index (χ4n) is 2.17. The molecule has 1 heterocycles. The van der Waals surface area contributed by atoms with Gasteiger partial charge in [0.15, 0.2) is 5.96 Å². The Morgan fingerprint density at radius 2 is 2.10 bits per heavy atom. The molecule has 0 bridgehead atoms. The summed E-state index contributed by atoms with van der Waals surface area (Å²) >= 11 is 0. The van der Waals surface area contributed by atoms with Crippen molar-refractivity contribution in [3.05, 3.63) is 24.0 Å². The summed E-state index contributed by atoms with van der Waals surface area (Å²) in [5.74, 6) is 1.00. The average Bonchev–Trinajstić information content (AvgIpc) is 2.83. The maximum Gasteiger partial charge on any atom is 0.194 e. The molecule has 0 amide bonds. The van der Waals surface area contributed by atoms with Crippen LogP contribution in [0.4, 0.5) is 0 Å². The molecule has 114 valence electrons. The number of rotatable bonds is 8. The van der Waals surface area contributed by atoms with Crippen LogP contribution in [0.25, 0.3) is 0 Å². The summed E-state index contributed by atoms with van der Waals surface area (Å²) in [4.78, 5) is 6.91. The summed E-state index contributed by atoms with van der Waals surface area (Å²) in [6.45, 7) is 7.05. The molecule has 0 aliphatic heterocycles. The van der Waals surface area contributed by atoms with E-state index in [1.54, 1.807) is 0 Å². The number of guanidine groups is 1. The minimum atomic E-state index is 0.879. The Morgan fingerprint density at radius 3 is 2.70 bits per heavy atom. The van der Waals surface area contributed by atoms with Gasteiger partial charge in [0.05, 0.1) is 6.54 Å². The van der Waals surface area contributed by atoms with Crippen molar-refractivity contribution >= 4 is 5.96 Å². The predicted octanol–water partition coefficient (Wildman–Crippen LogP) is 3.00. The van der Waals surface area contributed by atoms with Crippen LogP contribution < -0.4 is 5.32 Å². The van der Waals surface area contributed by atoms with E-state index in [1.807, 2.05) is 0 Å². The van der Waals surface area contributed by atoms with E-state index in [0.717, 1.165) is 25.6 Å². The Bertz CT molecular complexity index is 395. The molecule has 1 rings (SSSR count). The van der Waals surface area contributed by atoms with Crippen molar-refractivity contribution < 1.29 is 0 Å². The van der Waals surface area contributed by atoms with E-state index in [1.165, 1.54) is 31.4 Å². The number of nitrogens with zero attached hydrogens (tertiary/aromatic N) is 3. The van der Waals surface area contributed by atoms with Crippen molar-refractivity contribution in [2.24, 2.45) is 12.0 Å². The number of aromatic nitrogens is 1. The lowest BCUT2D eigenvalue weighted by Gasteiger charge is -2.22. The maximum absolute atomic E-state index is 4.72. The lowest BCUT2D eigenvalue weighted by Crippen LogP contribution is -2.38. The van der Waals surface area contributed by atoms with Gasteiger partial charge in [0, 0.05) is 39.1 Å². The SMILES string of the molecule is CCCCCCN=C(NCC)N(C)Cc1cccn1C. The molecule has 0 spiro atoms. The van der Waals surface area contributed by atoms with E-state index in [9.17, 15) is 0 Å². The predicted molar refractivity (Wildman–Crippen MR) is 87.0 cm³/mol. The molecule has 0 aromatic carbocycles. The topological polar surface area (TPSA) is 32.6 Å². The van der Waals surface area contributed by atoms with Crippen LogP contribution in [0.1, 0.15) is 45.2 Å². The Kier molecular flexibility index (Phi) is 7.85. The van der Waals surface area contributed by atoms with Gasteiger partial charge in [0.1, 0.15) is 0 Å². The largest absolute Gasteiger partial charge is 0.357 e. The van der Waals surface area contributed by atoms with E-state index in [0.29, 0.717) is 0 Å². The number of unbranched alkanes of at least 4 members (excludes halogenated alkanes) is 3. The van der Waals surface area contributed by atoms with Crippen molar-refractivity contribution in [3.8, 4) is 0 Å². The second-order valence-electron chi connectivity index (χ2n) is 5.26. The monoisotopic (exact) mass is 278 g/mol. The molecule has 4 nitrogen and oxygen atoms in total. The van der Waals surface area contributed by atoms with Crippen molar-refractivity contribution in [1.29, 1.82) is 0 Å². The first-order valence-corrected chi connectivity index (χ1v) is 7.78. The van der Waals surface area contributed by atoms with Gasteiger partial charge in [-0.1, -0.05) is 26.2 Å². The van der Waals surface area contributed by atoms with Crippen molar-refractivity contribution in [3.63, 3.8) is 0 Å². The summed E-state index contributed by atoms with van der Waals surface area (Å²) in [7, 11) is 4.18. The van der Waals surface area contributed by atoms with Gasteiger partial charge in [-0.2, -0.15) is 0 Å². The smallest absolute Gasteiger partial charge is 0.194 e. The van der Waals surface area contributed by atoms with E-state index in [2.05, 4.69) is 61.1 Å². The zero-order valence-electron chi connectivity index (χ0n) is 13.5. The molecular formula is C16H30N4. The van der Waals surface area contributed by atoms with Gasteiger partial charge in [-0.3, -0.25) is 4.99 Å². The Labute approximate surface area is 123 Å². The zero-order chi connectivity index (χ0) is 14.8. The van der Waals surface area contributed by atoms with Crippen LogP contribution in [0.15, 0.2) is 23.3 Å². The second kappa shape index (κ2) is 9.45. The summed E-state index contributed by atoms with van der Waals surface area (Å²) < 4.78 is 2.15. The second-order valence-corrected chi connectivity index (χ2v) is 5.26. The summed E-state index contributed by atoms with van der Waals surface area (Å²) in [5.41, 5.74) is 1.30. The van der Waals surface area contributed by atoms with Gasteiger partial charge < -0.3 is 14.8 Å². The first-order valence-electron chi connectivity index (χ1n) is 7.78. The van der Waals surface area contributed by atoms with Gasteiger partial charge in [-0.05, 0) is 25.5 Å². The van der Waals surface area contributed by atoms with E-state index in [4.69, 9.17) is 4.99 Å². The molecule has 0 saturated heterocycles. The highest BCUT2D eigenvalue weighted by atomic mass is 15.3. The van der Waals surface area contributed by atoms with Gasteiger partial charge in [0.25, 0.3) is 0 Å². The van der Waals surface area contributed by atoms with Gasteiger partial charge >= 0.3 is 0 Å². The Balaban J connectivity index is 2.51. The van der Waals surface area contributed by atoms with E-state index in [-0.39, 0.29) is 0 Å². The minimum Gasteiger partial charge on any atom is -0.357 e. The first-order chi connectivity index (χ1) is 9.69. The molecule has 0 radical (unpaired) electrons. The van der Waals surface area contributed by atoms with Crippen LogP contribution in [-0.4, -0.2) is 35.6 Å². The lowest BCUT2D eigenvalue weighted by atomic mass is 10.2. The maximum atomic E-state index is 4.72. The third-order valence-electron chi connectivity index (χ3n) is 3.42. The van der Waals surface area contributed by atoms with Crippen molar-refractivity contribution in [1.82, 2.24) is 14.8 Å². The first kappa shape index (κ1) is 16.6. The molecule has 20 heavy (non-hydrogen) atoms. The number of hydrogen-bond donors (Lipinski definition) is 1. The standard InChI is InChI=1S/C16H30N4/c1-5-7-8-9-12-18-16(17-6-2)20(4)14-15-11-10-13-19(15)3/h10-11,13H,5-9,12,14H2,1-4H3,(H,17,18). The summed E-state index contributed by atoms with van der Waals surface area (Å²) in [6.07, 6.45) is 7.13. The Hall–Kier alpha value is -1.45. The zero-order valence-corrected chi connectivity index (χ0v) is 13.5. The van der Waals surface area contributed by atoms with Crippen LogP contribution in [0.3, 0.4) is 0 Å². The molecule has 1 N–H and O–H groups in total. The molecule has 0 unspecified atom stereocenters. The highest BCUT2D eigenvalue weighted by Crippen LogP contribution is 2.04. The third kappa shape index (κ3) is 5.68. The van der Waals surface area contributed by atoms with Crippen molar-refractivity contribution in [2.75, 3.05) is 20.1 Å². The van der Waals surface area contributed by atoms with Crippen LogP contribution in [0.5, 0.6) is 0 Å². The molecule has 0 aliphatic carbocycles. The molecule has 0 aliphatic rings. The number of aryl methyl sites for hydroxylation is 1. The molecule has 1 aromatic heterocycles. The minimum absolute atomic E-state index is 0.879. The molecule has 0 atom stereocenters. The average molecular weight is 278 g/mol. The van der Waals surface area contributed by atoms with E-state index < -0.39 is 0 Å². The van der Waals surface area contributed by atoms with Gasteiger partial charge in [0.2, 0.25) is 0 Å². The fraction of sp³-hybridized carbons (Fsp3) is 0.688. The third-order valence-corrected chi connectivity index (χ3v) is 3.42. The molecule has 0 saturated carbocycles. The fourth-order valence-corrected chi connectivity index (χ4v) is 2.17.